The van der Waals surface area contributed by atoms with Gasteiger partial charge < -0.3 is 15.4 Å². The second-order valence-corrected chi connectivity index (χ2v) is 6.61. The molecule has 3 rings (SSSR count). The Morgan fingerprint density at radius 1 is 1.04 bits per heavy atom. The van der Waals surface area contributed by atoms with Crippen molar-refractivity contribution in [2.45, 2.75) is 19.5 Å². The molecule has 0 saturated heterocycles. The van der Waals surface area contributed by atoms with E-state index in [9.17, 15) is 9.59 Å². The number of urea groups is 1. The number of hydrogen-bond acceptors (Lipinski definition) is 4. The first kappa shape index (κ1) is 19.6. The van der Waals surface area contributed by atoms with Crippen molar-refractivity contribution < 1.29 is 14.3 Å². The standard InChI is InChI=1S/C22H25N3O3/c1-3-25(14-16-10-6-4-7-11-16)15-18-19(21(26)28-2)20(24-22(27)23-18)17-12-8-5-9-13-17/h4-13,20H,3,14-15H2,1-2H3,(H2,23,24,27). The highest BCUT2D eigenvalue weighted by Gasteiger charge is 2.33. The molecule has 0 aromatic heterocycles. The SMILES string of the molecule is CCN(CC1=C(C(=O)OC)C(c2ccccc2)NC(=O)N1)Cc1ccccc1. The monoisotopic (exact) mass is 379 g/mol. The highest BCUT2D eigenvalue weighted by atomic mass is 16.5. The minimum Gasteiger partial charge on any atom is -0.466 e. The molecule has 2 aromatic carbocycles. The number of hydrogen-bond donors (Lipinski definition) is 2. The summed E-state index contributed by atoms with van der Waals surface area (Å²) in [6.45, 7) is 3.98. The maximum Gasteiger partial charge on any atom is 0.338 e. The summed E-state index contributed by atoms with van der Waals surface area (Å²) in [7, 11) is 1.35. The summed E-state index contributed by atoms with van der Waals surface area (Å²) in [6.07, 6.45) is 0. The molecule has 1 aliphatic rings. The van der Waals surface area contributed by atoms with Crippen molar-refractivity contribution in [3.8, 4) is 0 Å². The Morgan fingerprint density at radius 2 is 1.68 bits per heavy atom. The molecule has 6 nitrogen and oxygen atoms in total. The Kier molecular flexibility index (Phi) is 6.45. The van der Waals surface area contributed by atoms with Gasteiger partial charge in [-0.15, -0.1) is 0 Å². The van der Waals surface area contributed by atoms with E-state index in [0.29, 0.717) is 24.4 Å². The fourth-order valence-corrected chi connectivity index (χ4v) is 3.33. The molecule has 0 bridgehead atoms. The van der Waals surface area contributed by atoms with Gasteiger partial charge in [-0.3, -0.25) is 4.90 Å². The molecule has 1 atom stereocenters. The van der Waals surface area contributed by atoms with Gasteiger partial charge in [0.25, 0.3) is 0 Å². The maximum absolute atomic E-state index is 12.6. The molecular formula is C22H25N3O3. The number of carbonyl (C=O) groups is 2. The molecule has 6 heteroatoms. The Bertz CT molecular complexity index is 850. The average molecular weight is 379 g/mol. The number of nitrogens with one attached hydrogen (secondary N) is 2. The van der Waals surface area contributed by atoms with Crippen LogP contribution in [0.2, 0.25) is 0 Å². The van der Waals surface area contributed by atoms with Crippen molar-refractivity contribution in [1.29, 1.82) is 0 Å². The minimum atomic E-state index is -0.548. The third-order valence-electron chi connectivity index (χ3n) is 4.77. The lowest BCUT2D eigenvalue weighted by Gasteiger charge is -2.31. The van der Waals surface area contributed by atoms with Gasteiger partial charge in [0.1, 0.15) is 0 Å². The predicted molar refractivity (Wildman–Crippen MR) is 107 cm³/mol. The number of methoxy groups -OCH3 is 1. The third kappa shape index (κ3) is 4.58. The Labute approximate surface area is 165 Å². The zero-order valence-electron chi connectivity index (χ0n) is 16.1. The van der Waals surface area contributed by atoms with E-state index < -0.39 is 12.0 Å². The molecule has 1 aliphatic heterocycles. The van der Waals surface area contributed by atoms with Gasteiger partial charge in [-0.2, -0.15) is 0 Å². The van der Waals surface area contributed by atoms with E-state index in [0.717, 1.165) is 12.1 Å². The molecular weight excluding hydrogens is 354 g/mol. The Morgan fingerprint density at radius 3 is 2.29 bits per heavy atom. The highest BCUT2D eigenvalue weighted by Crippen LogP contribution is 2.28. The van der Waals surface area contributed by atoms with Gasteiger partial charge in [0.15, 0.2) is 0 Å². The maximum atomic E-state index is 12.6. The van der Waals surface area contributed by atoms with Gasteiger partial charge in [-0.05, 0) is 17.7 Å². The smallest absolute Gasteiger partial charge is 0.338 e. The fraction of sp³-hybridized carbons (Fsp3) is 0.273. The van der Waals surface area contributed by atoms with Crippen LogP contribution in [0.25, 0.3) is 0 Å². The fourth-order valence-electron chi connectivity index (χ4n) is 3.33. The zero-order chi connectivity index (χ0) is 19.9. The van der Waals surface area contributed by atoms with Gasteiger partial charge in [0.05, 0.1) is 18.7 Å². The van der Waals surface area contributed by atoms with E-state index in [2.05, 4.69) is 34.6 Å². The average Bonchev–Trinajstić information content (AvgIpc) is 2.73. The molecule has 28 heavy (non-hydrogen) atoms. The van der Waals surface area contributed by atoms with Crippen LogP contribution < -0.4 is 10.6 Å². The third-order valence-corrected chi connectivity index (χ3v) is 4.77. The first-order chi connectivity index (χ1) is 13.6. The van der Waals surface area contributed by atoms with E-state index in [4.69, 9.17) is 4.74 Å². The lowest BCUT2D eigenvalue weighted by atomic mass is 9.95. The second kappa shape index (κ2) is 9.19. The van der Waals surface area contributed by atoms with Gasteiger partial charge in [-0.25, -0.2) is 9.59 Å². The molecule has 2 amide bonds. The summed E-state index contributed by atoms with van der Waals surface area (Å²) in [5, 5.41) is 5.66. The highest BCUT2D eigenvalue weighted by molar-refractivity contribution is 5.95. The zero-order valence-corrected chi connectivity index (χ0v) is 16.1. The van der Waals surface area contributed by atoms with E-state index in [-0.39, 0.29) is 6.03 Å². The number of likely N-dealkylation sites (N-methyl/N-ethyl adjacent to an activating group) is 1. The molecule has 0 spiro atoms. The van der Waals surface area contributed by atoms with E-state index in [1.165, 1.54) is 12.7 Å². The molecule has 0 aliphatic carbocycles. The van der Waals surface area contributed by atoms with Crippen molar-refractivity contribution in [3.05, 3.63) is 83.1 Å². The largest absolute Gasteiger partial charge is 0.466 e. The molecule has 2 aromatic rings. The minimum absolute atomic E-state index is 0.327. The van der Waals surface area contributed by atoms with Crippen LogP contribution in [0.3, 0.4) is 0 Å². The first-order valence-electron chi connectivity index (χ1n) is 9.32. The van der Waals surface area contributed by atoms with Crippen molar-refractivity contribution in [2.75, 3.05) is 20.2 Å². The number of carbonyl (C=O) groups excluding carboxylic acids is 2. The van der Waals surface area contributed by atoms with Crippen LogP contribution in [0.5, 0.6) is 0 Å². The summed E-state index contributed by atoms with van der Waals surface area (Å²) in [6, 6.07) is 18.7. The van der Waals surface area contributed by atoms with E-state index in [1.807, 2.05) is 48.5 Å². The molecule has 146 valence electrons. The number of esters is 1. The number of benzene rings is 2. The van der Waals surface area contributed by atoms with Crippen molar-refractivity contribution in [3.63, 3.8) is 0 Å². The summed E-state index contributed by atoms with van der Waals surface area (Å²) >= 11 is 0. The number of nitrogens with zero attached hydrogens (tertiary/aromatic N) is 1. The lowest BCUT2D eigenvalue weighted by molar-refractivity contribution is -0.136. The quantitative estimate of drug-likeness (QED) is 0.726. The summed E-state index contributed by atoms with van der Waals surface area (Å²) < 4.78 is 5.03. The summed E-state index contributed by atoms with van der Waals surface area (Å²) in [5.41, 5.74) is 3.01. The normalized spacial score (nSPS) is 16.5. The Hall–Kier alpha value is -3.12. The summed E-state index contributed by atoms with van der Waals surface area (Å²) in [4.78, 5) is 27.1. The Balaban J connectivity index is 1.94. The van der Waals surface area contributed by atoms with Crippen LogP contribution in [0.15, 0.2) is 71.9 Å². The molecule has 1 heterocycles. The van der Waals surface area contributed by atoms with E-state index >= 15 is 0 Å². The van der Waals surface area contributed by atoms with Crippen LogP contribution in [0.4, 0.5) is 4.79 Å². The van der Waals surface area contributed by atoms with Gasteiger partial charge in [-0.1, -0.05) is 67.6 Å². The topological polar surface area (TPSA) is 70.7 Å². The number of ether oxygens (including phenoxy) is 1. The molecule has 0 saturated carbocycles. The summed E-state index contributed by atoms with van der Waals surface area (Å²) in [5.74, 6) is -0.452. The number of amides is 2. The van der Waals surface area contributed by atoms with Crippen LogP contribution in [0.1, 0.15) is 24.1 Å². The van der Waals surface area contributed by atoms with Crippen LogP contribution in [-0.2, 0) is 16.1 Å². The van der Waals surface area contributed by atoms with Gasteiger partial charge in [0.2, 0.25) is 0 Å². The van der Waals surface area contributed by atoms with E-state index in [1.54, 1.807) is 0 Å². The van der Waals surface area contributed by atoms with Crippen molar-refractivity contribution >= 4 is 12.0 Å². The predicted octanol–water partition coefficient (Wildman–Crippen LogP) is 2.99. The van der Waals surface area contributed by atoms with Crippen molar-refractivity contribution in [2.24, 2.45) is 0 Å². The molecule has 0 radical (unpaired) electrons. The van der Waals surface area contributed by atoms with Gasteiger partial charge >= 0.3 is 12.0 Å². The molecule has 2 N–H and O–H groups in total. The lowest BCUT2D eigenvalue weighted by Crippen LogP contribution is -2.48. The van der Waals surface area contributed by atoms with Crippen LogP contribution in [-0.4, -0.2) is 37.1 Å². The second-order valence-electron chi connectivity index (χ2n) is 6.61. The van der Waals surface area contributed by atoms with Crippen LogP contribution in [0, 0.1) is 0 Å². The number of rotatable bonds is 7. The van der Waals surface area contributed by atoms with Crippen LogP contribution >= 0.6 is 0 Å². The molecule has 0 fully saturated rings. The first-order valence-corrected chi connectivity index (χ1v) is 9.32. The van der Waals surface area contributed by atoms with Gasteiger partial charge in [0, 0.05) is 18.8 Å². The molecule has 1 unspecified atom stereocenters. The van der Waals surface area contributed by atoms with Crippen molar-refractivity contribution in [1.82, 2.24) is 15.5 Å².